The van der Waals surface area contributed by atoms with Crippen molar-refractivity contribution in [3.05, 3.63) is 94.8 Å². The highest BCUT2D eigenvalue weighted by atomic mass is 35.5. The van der Waals surface area contributed by atoms with Crippen molar-refractivity contribution in [3.8, 4) is 0 Å². The van der Waals surface area contributed by atoms with Crippen LogP contribution in [0.1, 0.15) is 15.9 Å². The number of benzene rings is 3. The summed E-state index contributed by atoms with van der Waals surface area (Å²) in [5.41, 5.74) is 3.56. The monoisotopic (exact) mass is 431 g/mol. The number of sulfonamides is 1. The van der Waals surface area contributed by atoms with E-state index in [0.29, 0.717) is 16.3 Å². The van der Waals surface area contributed by atoms with E-state index >= 15 is 0 Å². The molecule has 0 unspecified atom stereocenters. The van der Waals surface area contributed by atoms with Crippen molar-refractivity contribution in [2.75, 3.05) is 4.72 Å². The summed E-state index contributed by atoms with van der Waals surface area (Å²) in [6.45, 7) is 0. The minimum Gasteiger partial charge on any atom is -0.280 e. The molecule has 1 amide bonds. The molecule has 0 heterocycles. The molecule has 3 aromatic rings. The first-order chi connectivity index (χ1) is 13.8. The molecule has 3 aromatic carbocycles. The Kier molecular flexibility index (Phi) is 6.26. The number of amides is 1. The smallest absolute Gasteiger partial charge is 0.271 e. The van der Waals surface area contributed by atoms with Gasteiger partial charge in [0.25, 0.3) is 15.9 Å². The topological polar surface area (TPSA) is 87.6 Å². The lowest BCUT2D eigenvalue weighted by molar-refractivity contribution is 0.0955. The number of hydrogen-bond acceptors (Lipinski definition) is 4. The van der Waals surface area contributed by atoms with Gasteiger partial charge in [0.2, 0.25) is 0 Å². The van der Waals surface area contributed by atoms with Crippen LogP contribution in [0.3, 0.4) is 0 Å². The van der Waals surface area contributed by atoms with Crippen LogP contribution in [-0.2, 0) is 10.0 Å². The molecule has 9 heteroatoms. The van der Waals surface area contributed by atoms with Crippen molar-refractivity contribution in [1.82, 2.24) is 5.43 Å². The minimum atomic E-state index is -3.77. The zero-order chi connectivity index (χ0) is 20.9. The molecule has 0 aromatic heterocycles. The maximum atomic E-state index is 12.8. The number of nitrogens with one attached hydrogen (secondary N) is 2. The van der Waals surface area contributed by atoms with E-state index in [4.69, 9.17) is 11.6 Å². The molecule has 0 aliphatic carbocycles. The molecule has 0 fully saturated rings. The lowest BCUT2D eigenvalue weighted by atomic mass is 10.2. The molecule has 0 aliphatic rings. The summed E-state index contributed by atoms with van der Waals surface area (Å²) in [7, 11) is -3.77. The summed E-state index contributed by atoms with van der Waals surface area (Å²) in [6, 6.07) is 17.2. The summed E-state index contributed by atoms with van der Waals surface area (Å²) in [5.74, 6) is -0.839. The second-order valence-electron chi connectivity index (χ2n) is 5.89. The number of nitrogens with zero attached hydrogens (tertiary/aromatic N) is 1. The number of anilines is 1. The Hall–Kier alpha value is -3.23. The van der Waals surface area contributed by atoms with E-state index in [1.165, 1.54) is 79.0 Å². The van der Waals surface area contributed by atoms with Gasteiger partial charge in [0, 0.05) is 16.3 Å². The highest BCUT2D eigenvalue weighted by molar-refractivity contribution is 7.92. The molecule has 0 saturated heterocycles. The molecule has 0 radical (unpaired) electrons. The Balaban J connectivity index is 1.62. The Labute approximate surface area is 172 Å². The first-order valence-electron chi connectivity index (χ1n) is 8.31. The van der Waals surface area contributed by atoms with Crippen LogP contribution in [0.15, 0.2) is 82.8 Å². The van der Waals surface area contributed by atoms with Crippen LogP contribution in [0.5, 0.6) is 0 Å². The van der Waals surface area contributed by atoms with Gasteiger partial charge in [-0.05, 0) is 66.2 Å². The van der Waals surface area contributed by atoms with Gasteiger partial charge in [0.15, 0.2) is 0 Å². The van der Waals surface area contributed by atoms with Crippen LogP contribution in [0, 0.1) is 5.82 Å². The van der Waals surface area contributed by atoms with Gasteiger partial charge in [-0.3, -0.25) is 9.52 Å². The summed E-state index contributed by atoms with van der Waals surface area (Å²) in [4.78, 5) is 12.2. The van der Waals surface area contributed by atoms with E-state index in [1.54, 1.807) is 0 Å². The maximum Gasteiger partial charge on any atom is 0.271 e. The van der Waals surface area contributed by atoms with E-state index in [1.807, 2.05) is 0 Å². The van der Waals surface area contributed by atoms with Gasteiger partial charge >= 0.3 is 0 Å². The minimum absolute atomic E-state index is 0.0684. The average Bonchev–Trinajstić information content (AvgIpc) is 2.70. The van der Waals surface area contributed by atoms with Gasteiger partial charge in [0.05, 0.1) is 11.1 Å². The van der Waals surface area contributed by atoms with Crippen LogP contribution < -0.4 is 10.1 Å². The number of rotatable bonds is 6. The third-order valence-corrected chi connectivity index (χ3v) is 5.42. The van der Waals surface area contributed by atoms with E-state index in [9.17, 15) is 17.6 Å². The fraction of sp³-hybridized carbons (Fsp3) is 0. The molecule has 0 atom stereocenters. The molecule has 0 aliphatic heterocycles. The molecule has 2 N–H and O–H groups in total. The number of halogens is 2. The van der Waals surface area contributed by atoms with Crippen LogP contribution in [0.25, 0.3) is 0 Å². The van der Waals surface area contributed by atoms with E-state index in [-0.39, 0.29) is 16.3 Å². The summed E-state index contributed by atoms with van der Waals surface area (Å²) < 4.78 is 40.0. The SMILES string of the molecule is O=C(N/N=C/c1ccc(F)cc1)c1ccc(NS(=O)(=O)c2ccc(Cl)cc2)cc1. The lowest BCUT2D eigenvalue weighted by Crippen LogP contribution is -2.18. The van der Waals surface area contributed by atoms with Gasteiger partial charge in [-0.2, -0.15) is 5.10 Å². The largest absolute Gasteiger partial charge is 0.280 e. The Morgan fingerprint density at radius 2 is 1.55 bits per heavy atom. The molecule has 29 heavy (non-hydrogen) atoms. The maximum absolute atomic E-state index is 12.8. The van der Waals surface area contributed by atoms with E-state index in [0.717, 1.165) is 0 Å². The Bertz CT molecular complexity index is 1130. The summed E-state index contributed by atoms with van der Waals surface area (Å²) >= 11 is 5.77. The highest BCUT2D eigenvalue weighted by Crippen LogP contribution is 2.18. The molecule has 0 bridgehead atoms. The van der Waals surface area contributed by atoms with E-state index < -0.39 is 15.9 Å². The van der Waals surface area contributed by atoms with Crippen LogP contribution >= 0.6 is 11.6 Å². The van der Waals surface area contributed by atoms with Gasteiger partial charge in [-0.15, -0.1) is 0 Å². The molecule has 3 rings (SSSR count). The van der Waals surface area contributed by atoms with Crippen molar-refractivity contribution >= 4 is 39.4 Å². The summed E-state index contributed by atoms with van der Waals surface area (Å²) in [6.07, 6.45) is 1.38. The van der Waals surface area contributed by atoms with Gasteiger partial charge in [0.1, 0.15) is 5.82 Å². The zero-order valence-electron chi connectivity index (χ0n) is 14.8. The van der Waals surface area contributed by atoms with Gasteiger partial charge in [-0.25, -0.2) is 18.2 Å². The van der Waals surface area contributed by atoms with Crippen LogP contribution in [-0.4, -0.2) is 20.5 Å². The third-order valence-electron chi connectivity index (χ3n) is 3.77. The van der Waals surface area contributed by atoms with Crippen LogP contribution in [0.4, 0.5) is 10.1 Å². The van der Waals surface area contributed by atoms with Crippen molar-refractivity contribution < 1.29 is 17.6 Å². The van der Waals surface area contributed by atoms with Crippen LogP contribution in [0.2, 0.25) is 5.02 Å². The quantitative estimate of drug-likeness (QED) is 0.456. The molecule has 0 saturated carbocycles. The second-order valence-corrected chi connectivity index (χ2v) is 8.01. The fourth-order valence-corrected chi connectivity index (χ4v) is 3.48. The average molecular weight is 432 g/mol. The van der Waals surface area contributed by atoms with Crippen molar-refractivity contribution in [1.29, 1.82) is 0 Å². The predicted octanol–water partition coefficient (Wildman–Crippen LogP) is 4.04. The fourth-order valence-electron chi connectivity index (χ4n) is 2.30. The standard InChI is InChI=1S/C20H15ClFN3O3S/c21-16-5-11-19(12-6-16)29(27,28)25-18-9-3-15(4-10-18)20(26)24-23-13-14-1-7-17(22)8-2-14/h1-13,25H,(H,24,26)/b23-13+. The lowest BCUT2D eigenvalue weighted by Gasteiger charge is -2.08. The second kappa shape index (κ2) is 8.85. The summed E-state index contributed by atoms with van der Waals surface area (Å²) in [5, 5.41) is 4.24. The molecule has 6 nitrogen and oxygen atoms in total. The zero-order valence-corrected chi connectivity index (χ0v) is 16.4. The molecular formula is C20H15ClFN3O3S. The molecular weight excluding hydrogens is 417 g/mol. The predicted molar refractivity (Wildman–Crippen MR) is 110 cm³/mol. The first kappa shape index (κ1) is 20.5. The first-order valence-corrected chi connectivity index (χ1v) is 10.2. The van der Waals surface area contributed by atoms with Crippen molar-refractivity contribution in [2.45, 2.75) is 4.90 Å². The number of hydrazone groups is 1. The normalized spacial score (nSPS) is 11.4. The van der Waals surface area contributed by atoms with Crippen molar-refractivity contribution in [3.63, 3.8) is 0 Å². The molecule has 148 valence electrons. The Morgan fingerprint density at radius 3 is 2.17 bits per heavy atom. The Morgan fingerprint density at radius 1 is 0.931 bits per heavy atom. The number of carbonyl (C=O) groups is 1. The van der Waals surface area contributed by atoms with Gasteiger partial charge in [-0.1, -0.05) is 23.7 Å². The van der Waals surface area contributed by atoms with Crippen molar-refractivity contribution in [2.24, 2.45) is 5.10 Å². The third kappa shape index (κ3) is 5.63. The molecule has 0 spiro atoms. The highest BCUT2D eigenvalue weighted by Gasteiger charge is 2.14. The van der Waals surface area contributed by atoms with E-state index in [2.05, 4.69) is 15.2 Å². The number of hydrogen-bond donors (Lipinski definition) is 2. The van der Waals surface area contributed by atoms with Gasteiger partial charge < -0.3 is 0 Å². The number of carbonyl (C=O) groups excluding carboxylic acids is 1.